The molecule has 118 valence electrons. The van der Waals surface area contributed by atoms with E-state index in [9.17, 15) is 10.1 Å². The van der Waals surface area contributed by atoms with E-state index in [0.29, 0.717) is 25.7 Å². The number of nitrogens with one attached hydrogen (secondary N) is 1. The Bertz CT molecular complexity index is 468. The van der Waals surface area contributed by atoms with E-state index in [0.717, 1.165) is 12.8 Å². The average Bonchev–Trinajstić information content (AvgIpc) is 2.44. The van der Waals surface area contributed by atoms with Gasteiger partial charge in [0.1, 0.15) is 12.3 Å². The number of hydrogen-bond donors (Lipinski definition) is 1. The number of rotatable bonds is 10. The van der Waals surface area contributed by atoms with E-state index in [-0.39, 0.29) is 23.9 Å². The van der Waals surface area contributed by atoms with Gasteiger partial charge >= 0.3 is 5.69 Å². The second-order valence-electron chi connectivity index (χ2n) is 4.43. The zero-order valence-electron chi connectivity index (χ0n) is 12.7. The van der Waals surface area contributed by atoms with Crippen LogP contribution in [0.1, 0.15) is 32.4 Å². The smallest absolute Gasteiger partial charge is 0.352 e. The summed E-state index contributed by atoms with van der Waals surface area (Å²) in [6, 6.07) is 0. The van der Waals surface area contributed by atoms with Crippen molar-refractivity contribution in [2.45, 2.75) is 33.6 Å². The molecule has 1 heterocycles. The molecule has 21 heavy (non-hydrogen) atoms. The summed E-state index contributed by atoms with van der Waals surface area (Å²) in [5.74, 6) is 0.315. The summed E-state index contributed by atoms with van der Waals surface area (Å²) in [4.78, 5) is 18.7. The second-order valence-corrected chi connectivity index (χ2v) is 4.43. The van der Waals surface area contributed by atoms with E-state index in [2.05, 4.69) is 15.3 Å². The Hall–Kier alpha value is -1.96. The standard InChI is InChI=1S/C13H22N4O4/c1-4-6-14-13-15-10(3)11(17(18)19)12(16-13)21-9-8-20-7-5-2/h4-9H2,1-3H3,(H,14,15,16). The maximum atomic E-state index is 11.1. The van der Waals surface area contributed by atoms with Crippen LogP contribution in [-0.4, -0.2) is 41.3 Å². The Labute approximate surface area is 124 Å². The highest BCUT2D eigenvalue weighted by Crippen LogP contribution is 2.28. The Balaban J connectivity index is 2.80. The molecule has 1 N–H and O–H groups in total. The number of hydrogen-bond acceptors (Lipinski definition) is 7. The lowest BCUT2D eigenvalue weighted by Crippen LogP contribution is -2.12. The first-order valence-electron chi connectivity index (χ1n) is 7.07. The van der Waals surface area contributed by atoms with Crippen LogP contribution in [0.4, 0.5) is 11.6 Å². The fraction of sp³-hybridized carbons (Fsp3) is 0.692. The predicted octanol–water partition coefficient (Wildman–Crippen LogP) is 2.32. The molecule has 8 heteroatoms. The van der Waals surface area contributed by atoms with Crippen molar-refractivity contribution in [1.29, 1.82) is 0 Å². The van der Waals surface area contributed by atoms with Gasteiger partial charge in [-0.25, -0.2) is 4.98 Å². The first-order chi connectivity index (χ1) is 10.1. The lowest BCUT2D eigenvalue weighted by Gasteiger charge is -2.10. The van der Waals surface area contributed by atoms with Gasteiger partial charge in [-0.3, -0.25) is 10.1 Å². The van der Waals surface area contributed by atoms with E-state index < -0.39 is 4.92 Å². The maximum Gasteiger partial charge on any atom is 0.352 e. The number of ether oxygens (including phenoxy) is 2. The monoisotopic (exact) mass is 298 g/mol. The fourth-order valence-electron chi connectivity index (χ4n) is 1.61. The van der Waals surface area contributed by atoms with Gasteiger partial charge in [-0.15, -0.1) is 0 Å². The van der Waals surface area contributed by atoms with Gasteiger partial charge in [0, 0.05) is 13.2 Å². The normalized spacial score (nSPS) is 10.4. The number of nitro groups is 1. The summed E-state index contributed by atoms with van der Waals surface area (Å²) in [5.41, 5.74) is 0.0746. The predicted molar refractivity (Wildman–Crippen MR) is 78.8 cm³/mol. The maximum absolute atomic E-state index is 11.1. The summed E-state index contributed by atoms with van der Waals surface area (Å²) in [6.45, 7) is 7.49. The Morgan fingerprint density at radius 3 is 2.57 bits per heavy atom. The first kappa shape index (κ1) is 17.1. The molecule has 0 aliphatic heterocycles. The van der Waals surface area contributed by atoms with Crippen LogP contribution >= 0.6 is 0 Å². The minimum absolute atomic E-state index is 0.0220. The summed E-state index contributed by atoms with van der Waals surface area (Å²) in [6.07, 6.45) is 1.82. The molecular formula is C13H22N4O4. The largest absolute Gasteiger partial charge is 0.470 e. The van der Waals surface area contributed by atoms with Crippen LogP contribution in [0, 0.1) is 17.0 Å². The van der Waals surface area contributed by atoms with Gasteiger partial charge in [0.15, 0.2) is 0 Å². The number of aryl methyl sites for hydroxylation is 1. The molecule has 0 radical (unpaired) electrons. The van der Waals surface area contributed by atoms with Crippen LogP contribution in [0.15, 0.2) is 0 Å². The molecule has 0 spiro atoms. The van der Waals surface area contributed by atoms with E-state index in [4.69, 9.17) is 9.47 Å². The van der Waals surface area contributed by atoms with Gasteiger partial charge in [0.25, 0.3) is 5.88 Å². The molecule has 0 unspecified atom stereocenters. The molecule has 0 atom stereocenters. The summed E-state index contributed by atoms with van der Waals surface area (Å²) in [7, 11) is 0. The molecule has 0 amide bonds. The zero-order chi connectivity index (χ0) is 15.7. The summed E-state index contributed by atoms with van der Waals surface area (Å²) >= 11 is 0. The van der Waals surface area contributed by atoms with Gasteiger partial charge in [-0.05, 0) is 19.8 Å². The summed E-state index contributed by atoms with van der Waals surface area (Å²) < 4.78 is 10.7. The minimum atomic E-state index is -0.527. The number of nitrogens with zero attached hydrogens (tertiary/aromatic N) is 3. The van der Waals surface area contributed by atoms with Gasteiger partial charge < -0.3 is 14.8 Å². The zero-order valence-corrected chi connectivity index (χ0v) is 12.7. The minimum Gasteiger partial charge on any atom is -0.470 e. The second kappa shape index (κ2) is 9.06. The molecule has 0 aliphatic rings. The molecule has 1 aromatic rings. The van der Waals surface area contributed by atoms with Crippen LogP contribution in [0.3, 0.4) is 0 Å². The van der Waals surface area contributed by atoms with Crippen LogP contribution in [-0.2, 0) is 4.74 Å². The van der Waals surface area contributed by atoms with Crippen LogP contribution in [0.5, 0.6) is 5.88 Å². The average molecular weight is 298 g/mol. The SMILES string of the molecule is CCCNc1nc(C)c([N+](=O)[O-])c(OCCOCCC)n1. The highest BCUT2D eigenvalue weighted by Gasteiger charge is 2.23. The van der Waals surface area contributed by atoms with Gasteiger partial charge in [-0.2, -0.15) is 4.98 Å². The van der Waals surface area contributed by atoms with E-state index in [1.54, 1.807) is 6.92 Å². The van der Waals surface area contributed by atoms with Gasteiger partial charge in [-0.1, -0.05) is 13.8 Å². The van der Waals surface area contributed by atoms with Gasteiger partial charge in [0.2, 0.25) is 5.95 Å². The molecule has 0 fully saturated rings. The molecule has 1 aromatic heterocycles. The topological polar surface area (TPSA) is 99.4 Å². The van der Waals surface area contributed by atoms with Crippen molar-refractivity contribution >= 4 is 11.6 Å². The highest BCUT2D eigenvalue weighted by atomic mass is 16.6. The quantitative estimate of drug-likeness (QED) is 0.402. The molecule has 1 rings (SSSR count). The number of anilines is 1. The molecule has 8 nitrogen and oxygen atoms in total. The van der Waals surface area contributed by atoms with Crippen molar-refractivity contribution in [2.75, 3.05) is 31.7 Å². The highest BCUT2D eigenvalue weighted by molar-refractivity contribution is 5.48. The third-order valence-electron chi connectivity index (χ3n) is 2.56. The van der Waals surface area contributed by atoms with E-state index in [1.165, 1.54) is 0 Å². The van der Waals surface area contributed by atoms with E-state index in [1.807, 2.05) is 13.8 Å². The van der Waals surface area contributed by atoms with Crippen molar-refractivity contribution in [3.05, 3.63) is 15.8 Å². The Morgan fingerprint density at radius 2 is 1.95 bits per heavy atom. The molecular weight excluding hydrogens is 276 g/mol. The van der Waals surface area contributed by atoms with Gasteiger partial charge in [0.05, 0.1) is 11.5 Å². The van der Waals surface area contributed by atoms with Crippen molar-refractivity contribution in [1.82, 2.24) is 9.97 Å². The first-order valence-corrected chi connectivity index (χ1v) is 7.07. The molecule has 0 saturated carbocycles. The van der Waals surface area contributed by atoms with Crippen LogP contribution in [0.25, 0.3) is 0 Å². The number of aromatic nitrogens is 2. The summed E-state index contributed by atoms with van der Waals surface area (Å²) in [5, 5.41) is 14.1. The van der Waals surface area contributed by atoms with Crippen molar-refractivity contribution in [3.63, 3.8) is 0 Å². The Kier molecular flexibility index (Phi) is 7.38. The molecule has 0 bridgehead atoms. The van der Waals surface area contributed by atoms with Crippen LogP contribution in [0.2, 0.25) is 0 Å². The third kappa shape index (κ3) is 5.50. The van der Waals surface area contributed by atoms with Crippen molar-refractivity contribution in [3.8, 4) is 5.88 Å². The Morgan fingerprint density at radius 1 is 1.19 bits per heavy atom. The van der Waals surface area contributed by atoms with Crippen molar-refractivity contribution < 1.29 is 14.4 Å². The third-order valence-corrected chi connectivity index (χ3v) is 2.56. The van der Waals surface area contributed by atoms with Crippen LogP contribution < -0.4 is 10.1 Å². The molecule has 0 aromatic carbocycles. The van der Waals surface area contributed by atoms with E-state index >= 15 is 0 Å². The van der Waals surface area contributed by atoms with Crippen molar-refractivity contribution in [2.24, 2.45) is 0 Å². The fourth-order valence-corrected chi connectivity index (χ4v) is 1.61. The molecule has 0 aliphatic carbocycles. The lowest BCUT2D eigenvalue weighted by atomic mass is 10.3. The lowest BCUT2D eigenvalue weighted by molar-refractivity contribution is -0.387. The molecule has 0 saturated heterocycles.